The van der Waals surface area contributed by atoms with Gasteiger partial charge in [0.2, 0.25) is 0 Å². The molecule has 2 aliphatic rings. The summed E-state index contributed by atoms with van der Waals surface area (Å²) in [5.74, 6) is 1.08. The van der Waals surface area contributed by atoms with E-state index < -0.39 is 0 Å². The van der Waals surface area contributed by atoms with Gasteiger partial charge in [-0.2, -0.15) is 0 Å². The van der Waals surface area contributed by atoms with Gasteiger partial charge < -0.3 is 4.90 Å². The molecule has 1 aliphatic carbocycles. The molecule has 0 N–H and O–H groups in total. The van der Waals surface area contributed by atoms with E-state index in [1.807, 2.05) is 0 Å². The summed E-state index contributed by atoms with van der Waals surface area (Å²) in [6.07, 6.45) is 7.44. The van der Waals surface area contributed by atoms with Crippen molar-refractivity contribution in [3.8, 4) is 0 Å². The van der Waals surface area contributed by atoms with Crippen molar-refractivity contribution in [1.82, 2.24) is 25.1 Å². The molecule has 2 aromatic rings. The van der Waals surface area contributed by atoms with E-state index in [9.17, 15) is 0 Å². The molecule has 152 valence electrons. The van der Waals surface area contributed by atoms with Crippen molar-refractivity contribution < 1.29 is 0 Å². The van der Waals surface area contributed by atoms with Gasteiger partial charge in [0.1, 0.15) is 0 Å². The van der Waals surface area contributed by atoms with Crippen molar-refractivity contribution in [1.29, 1.82) is 0 Å². The van der Waals surface area contributed by atoms with Gasteiger partial charge in [-0.05, 0) is 60.7 Å². The van der Waals surface area contributed by atoms with Gasteiger partial charge in [-0.3, -0.25) is 4.90 Å². The zero-order chi connectivity index (χ0) is 19.5. The van der Waals surface area contributed by atoms with Crippen LogP contribution in [-0.4, -0.2) is 51.3 Å². The highest BCUT2D eigenvalue weighted by molar-refractivity contribution is 5.56. The first-order valence-electron chi connectivity index (χ1n) is 11.0. The number of benzene rings is 1. The van der Waals surface area contributed by atoms with E-state index in [-0.39, 0.29) is 0 Å². The van der Waals surface area contributed by atoms with Crippen molar-refractivity contribution in [2.24, 2.45) is 0 Å². The minimum absolute atomic E-state index is 0.317. The number of hydrogen-bond donors (Lipinski definition) is 0. The molecule has 1 aromatic carbocycles. The molecule has 2 fully saturated rings. The minimum atomic E-state index is 0.317. The van der Waals surface area contributed by atoms with Crippen molar-refractivity contribution >= 4 is 5.69 Å². The number of nitrogens with zero attached hydrogens (tertiary/aromatic N) is 6. The van der Waals surface area contributed by atoms with Gasteiger partial charge >= 0.3 is 0 Å². The normalized spacial score (nSPS) is 20.5. The summed E-state index contributed by atoms with van der Waals surface area (Å²) in [5.41, 5.74) is 4.17. The fraction of sp³-hybridized carbons (Fsp3) is 0.682. The second-order valence-electron chi connectivity index (χ2n) is 8.44. The van der Waals surface area contributed by atoms with Crippen LogP contribution in [-0.2, 0) is 0 Å². The van der Waals surface area contributed by atoms with Crippen LogP contribution in [0, 0.1) is 13.8 Å². The molecular weight excluding hydrogens is 348 g/mol. The highest BCUT2D eigenvalue weighted by atomic mass is 15.6. The second-order valence-corrected chi connectivity index (χ2v) is 8.44. The van der Waals surface area contributed by atoms with Crippen molar-refractivity contribution in [2.45, 2.75) is 71.4 Å². The first kappa shape index (κ1) is 19.4. The fourth-order valence-electron chi connectivity index (χ4n) is 4.96. The SMILES string of the molecule is CC[C@@H](c1nnnn1C1CCCCC1)N1CCN(c2cccc(C)c2C)CC1. The topological polar surface area (TPSA) is 50.1 Å². The second kappa shape index (κ2) is 8.60. The number of aryl methyl sites for hydroxylation is 1. The summed E-state index contributed by atoms with van der Waals surface area (Å²) in [4.78, 5) is 5.13. The lowest BCUT2D eigenvalue weighted by molar-refractivity contribution is 0.163. The Morgan fingerprint density at radius 2 is 1.79 bits per heavy atom. The Hall–Kier alpha value is -1.95. The van der Waals surface area contributed by atoms with E-state index in [0.717, 1.165) is 38.4 Å². The van der Waals surface area contributed by atoms with E-state index in [1.165, 1.54) is 48.9 Å². The third kappa shape index (κ3) is 3.79. The minimum Gasteiger partial charge on any atom is -0.369 e. The Kier molecular flexibility index (Phi) is 5.95. The Morgan fingerprint density at radius 3 is 2.50 bits per heavy atom. The average Bonchev–Trinajstić information content (AvgIpc) is 3.21. The lowest BCUT2D eigenvalue weighted by Gasteiger charge is -2.40. The number of rotatable bonds is 5. The summed E-state index contributed by atoms with van der Waals surface area (Å²) in [6, 6.07) is 7.45. The van der Waals surface area contributed by atoms with Crippen LogP contribution in [0.1, 0.15) is 74.5 Å². The van der Waals surface area contributed by atoms with E-state index in [1.54, 1.807) is 0 Å². The van der Waals surface area contributed by atoms with Crippen LogP contribution in [0.4, 0.5) is 5.69 Å². The third-order valence-electron chi connectivity index (χ3n) is 6.80. The molecule has 1 aromatic heterocycles. The van der Waals surface area contributed by atoms with E-state index in [2.05, 4.69) is 69.0 Å². The molecule has 0 radical (unpaired) electrons. The van der Waals surface area contributed by atoms with Crippen LogP contribution in [0.15, 0.2) is 18.2 Å². The largest absolute Gasteiger partial charge is 0.369 e. The smallest absolute Gasteiger partial charge is 0.168 e. The Morgan fingerprint density at radius 1 is 1.04 bits per heavy atom. The Balaban J connectivity index is 1.46. The van der Waals surface area contributed by atoms with Crippen LogP contribution in [0.25, 0.3) is 0 Å². The molecule has 2 heterocycles. The molecule has 4 rings (SSSR count). The number of aromatic nitrogens is 4. The summed E-state index contributed by atoms with van der Waals surface area (Å²) in [6.45, 7) is 10.9. The molecule has 6 nitrogen and oxygen atoms in total. The molecule has 1 atom stereocenters. The molecule has 0 bridgehead atoms. The van der Waals surface area contributed by atoms with Gasteiger partial charge in [0, 0.05) is 31.9 Å². The van der Waals surface area contributed by atoms with Crippen LogP contribution < -0.4 is 4.90 Å². The molecule has 6 heteroatoms. The van der Waals surface area contributed by atoms with E-state index in [0.29, 0.717) is 12.1 Å². The van der Waals surface area contributed by atoms with Gasteiger partial charge in [0.25, 0.3) is 0 Å². The quantitative estimate of drug-likeness (QED) is 0.780. The van der Waals surface area contributed by atoms with E-state index in [4.69, 9.17) is 0 Å². The van der Waals surface area contributed by atoms with Crippen molar-refractivity contribution in [3.63, 3.8) is 0 Å². The lowest BCUT2D eigenvalue weighted by atomic mass is 9.95. The Bertz CT molecular complexity index is 771. The molecule has 1 saturated heterocycles. The van der Waals surface area contributed by atoms with Gasteiger partial charge in [0.15, 0.2) is 5.82 Å². The average molecular weight is 383 g/mol. The molecule has 1 aliphatic heterocycles. The van der Waals surface area contributed by atoms with Gasteiger partial charge in [0.05, 0.1) is 12.1 Å². The first-order chi connectivity index (χ1) is 13.7. The van der Waals surface area contributed by atoms with E-state index >= 15 is 0 Å². The maximum Gasteiger partial charge on any atom is 0.168 e. The molecule has 0 unspecified atom stereocenters. The van der Waals surface area contributed by atoms with Crippen molar-refractivity contribution in [3.05, 3.63) is 35.2 Å². The molecule has 1 saturated carbocycles. The monoisotopic (exact) mass is 382 g/mol. The first-order valence-corrected chi connectivity index (χ1v) is 11.0. The summed E-state index contributed by atoms with van der Waals surface area (Å²) < 4.78 is 2.16. The van der Waals surface area contributed by atoms with Crippen LogP contribution >= 0.6 is 0 Å². The highest BCUT2D eigenvalue weighted by Gasteiger charge is 2.30. The molecular formula is C22H34N6. The summed E-state index contributed by atoms with van der Waals surface area (Å²) in [5, 5.41) is 13.0. The highest BCUT2D eigenvalue weighted by Crippen LogP contribution is 2.32. The van der Waals surface area contributed by atoms with Gasteiger partial charge in [-0.25, -0.2) is 4.68 Å². The number of hydrogen-bond acceptors (Lipinski definition) is 5. The fourth-order valence-corrected chi connectivity index (χ4v) is 4.96. The van der Waals surface area contributed by atoms with Gasteiger partial charge in [-0.15, -0.1) is 5.10 Å². The van der Waals surface area contributed by atoms with Crippen LogP contribution in [0.5, 0.6) is 0 Å². The summed E-state index contributed by atoms with van der Waals surface area (Å²) in [7, 11) is 0. The van der Waals surface area contributed by atoms with Crippen molar-refractivity contribution in [2.75, 3.05) is 31.1 Å². The zero-order valence-corrected chi connectivity index (χ0v) is 17.6. The lowest BCUT2D eigenvalue weighted by Crippen LogP contribution is -2.48. The number of anilines is 1. The third-order valence-corrected chi connectivity index (χ3v) is 6.80. The van der Waals surface area contributed by atoms with Gasteiger partial charge in [-0.1, -0.05) is 38.3 Å². The predicted octanol–water partition coefficient (Wildman–Crippen LogP) is 4.07. The molecule has 0 spiro atoms. The zero-order valence-electron chi connectivity index (χ0n) is 17.6. The molecule has 28 heavy (non-hydrogen) atoms. The predicted molar refractivity (Wildman–Crippen MR) is 113 cm³/mol. The Labute approximate surface area is 168 Å². The standard InChI is InChI=1S/C22H34N6/c1-4-20(22-23-24-25-28(22)19-10-6-5-7-11-19)26-13-15-27(16-14-26)21-12-8-9-17(2)18(21)3/h8-9,12,19-20H,4-7,10-11,13-16H2,1-3H3/t20-/m0/s1. The number of tetrazole rings is 1. The molecule has 0 amide bonds. The maximum absolute atomic E-state index is 4.49. The summed E-state index contributed by atoms with van der Waals surface area (Å²) >= 11 is 0. The maximum atomic E-state index is 4.49. The van der Waals surface area contributed by atoms with Crippen LogP contribution in [0.2, 0.25) is 0 Å². The number of piperazine rings is 1. The van der Waals surface area contributed by atoms with Crippen LogP contribution in [0.3, 0.4) is 0 Å².